The molecule has 0 saturated heterocycles. The molecule has 1 fully saturated rings. The number of rotatable bonds is 9. The summed E-state index contributed by atoms with van der Waals surface area (Å²) in [6.07, 6.45) is 2.11. The summed E-state index contributed by atoms with van der Waals surface area (Å²) in [5.41, 5.74) is 2.67. The molecule has 2 heterocycles. The SMILES string of the molecule is COc1ccc(Cn2c(SCC(=O)N(Cc3ccsc3)C3CC3)nc3ccccc3c2=O)cc1. The number of carbonyl (C=O) groups is 1. The molecule has 0 aliphatic heterocycles. The average molecular weight is 492 g/mol. The molecule has 1 saturated carbocycles. The maximum absolute atomic E-state index is 13.4. The second-order valence-electron chi connectivity index (χ2n) is 8.32. The molecule has 2 aromatic carbocycles. The molecule has 5 rings (SSSR count). The first kappa shape index (κ1) is 22.7. The van der Waals surface area contributed by atoms with Gasteiger partial charge in [0.15, 0.2) is 5.16 Å². The number of fused-ring (bicyclic) bond motifs is 1. The van der Waals surface area contributed by atoms with Gasteiger partial charge >= 0.3 is 0 Å². The third kappa shape index (κ3) is 5.03. The van der Waals surface area contributed by atoms with Crippen molar-refractivity contribution in [3.8, 4) is 5.75 Å². The van der Waals surface area contributed by atoms with Gasteiger partial charge in [0.05, 0.1) is 30.3 Å². The average Bonchev–Trinajstić information content (AvgIpc) is 3.58. The maximum Gasteiger partial charge on any atom is 0.262 e. The fourth-order valence-electron chi connectivity index (χ4n) is 3.91. The molecule has 34 heavy (non-hydrogen) atoms. The zero-order valence-electron chi connectivity index (χ0n) is 18.8. The Kier molecular flexibility index (Phi) is 6.69. The van der Waals surface area contributed by atoms with E-state index in [4.69, 9.17) is 9.72 Å². The van der Waals surface area contributed by atoms with Crippen molar-refractivity contribution in [2.45, 2.75) is 37.1 Å². The van der Waals surface area contributed by atoms with E-state index in [0.717, 1.165) is 29.7 Å². The molecule has 4 aromatic rings. The lowest BCUT2D eigenvalue weighted by molar-refractivity contribution is -0.129. The van der Waals surface area contributed by atoms with Gasteiger partial charge in [0.2, 0.25) is 5.91 Å². The van der Waals surface area contributed by atoms with Crippen molar-refractivity contribution in [2.75, 3.05) is 12.9 Å². The minimum absolute atomic E-state index is 0.0807. The Bertz CT molecular complexity index is 1350. The maximum atomic E-state index is 13.4. The van der Waals surface area contributed by atoms with E-state index in [1.807, 2.05) is 52.7 Å². The van der Waals surface area contributed by atoms with Gasteiger partial charge in [-0.05, 0) is 65.1 Å². The van der Waals surface area contributed by atoms with Crippen LogP contribution >= 0.6 is 23.1 Å². The molecule has 6 nitrogen and oxygen atoms in total. The van der Waals surface area contributed by atoms with Crippen molar-refractivity contribution < 1.29 is 9.53 Å². The number of para-hydroxylation sites is 1. The summed E-state index contributed by atoms with van der Waals surface area (Å²) < 4.78 is 6.92. The van der Waals surface area contributed by atoms with E-state index in [9.17, 15) is 9.59 Å². The third-order valence-electron chi connectivity index (χ3n) is 5.89. The van der Waals surface area contributed by atoms with Crippen molar-refractivity contribution in [3.63, 3.8) is 0 Å². The minimum Gasteiger partial charge on any atom is -0.497 e. The molecule has 1 aliphatic carbocycles. The summed E-state index contributed by atoms with van der Waals surface area (Å²) in [5.74, 6) is 1.09. The molecule has 174 valence electrons. The first-order valence-electron chi connectivity index (χ1n) is 11.2. The lowest BCUT2D eigenvalue weighted by atomic mass is 10.2. The Hall–Kier alpha value is -3.10. The van der Waals surface area contributed by atoms with Gasteiger partial charge in [0.1, 0.15) is 5.75 Å². The number of methoxy groups -OCH3 is 1. The van der Waals surface area contributed by atoms with Crippen molar-refractivity contribution in [2.24, 2.45) is 0 Å². The number of thioether (sulfide) groups is 1. The fraction of sp³-hybridized carbons (Fsp3) is 0.269. The summed E-state index contributed by atoms with van der Waals surface area (Å²) >= 11 is 2.98. The highest BCUT2D eigenvalue weighted by Gasteiger charge is 2.32. The summed E-state index contributed by atoms with van der Waals surface area (Å²) in [6.45, 7) is 1.01. The normalized spacial score (nSPS) is 13.2. The van der Waals surface area contributed by atoms with E-state index >= 15 is 0 Å². The second kappa shape index (κ2) is 10.0. The van der Waals surface area contributed by atoms with Gasteiger partial charge in [-0.1, -0.05) is 36.0 Å². The first-order valence-corrected chi connectivity index (χ1v) is 13.1. The van der Waals surface area contributed by atoms with Crippen LogP contribution in [0.5, 0.6) is 5.75 Å². The number of carbonyl (C=O) groups excluding carboxylic acids is 1. The molecule has 1 aliphatic rings. The Morgan fingerprint density at radius 1 is 1.15 bits per heavy atom. The van der Waals surface area contributed by atoms with Crippen molar-refractivity contribution >= 4 is 39.9 Å². The van der Waals surface area contributed by atoms with E-state index in [-0.39, 0.29) is 17.2 Å². The van der Waals surface area contributed by atoms with E-state index in [0.29, 0.717) is 35.2 Å². The molecule has 0 radical (unpaired) electrons. The molecule has 0 N–H and O–H groups in total. The number of hydrogen-bond acceptors (Lipinski definition) is 6. The molecule has 0 atom stereocenters. The molecule has 0 spiro atoms. The van der Waals surface area contributed by atoms with Crippen LogP contribution in [-0.4, -0.2) is 39.3 Å². The number of benzene rings is 2. The van der Waals surface area contributed by atoms with Crippen LogP contribution < -0.4 is 10.3 Å². The highest BCUT2D eigenvalue weighted by molar-refractivity contribution is 7.99. The fourth-order valence-corrected chi connectivity index (χ4v) is 5.45. The van der Waals surface area contributed by atoms with Crippen LogP contribution in [0.25, 0.3) is 10.9 Å². The van der Waals surface area contributed by atoms with Gasteiger partial charge < -0.3 is 9.64 Å². The van der Waals surface area contributed by atoms with Crippen LogP contribution in [0, 0.1) is 0 Å². The van der Waals surface area contributed by atoms with Crippen LogP contribution in [-0.2, 0) is 17.9 Å². The van der Waals surface area contributed by atoms with Crippen molar-refractivity contribution in [1.29, 1.82) is 0 Å². The Labute approximate surface area is 206 Å². The lowest BCUT2D eigenvalue weighted by Crippen LogP contribution is -2.34. The third-order valence-corrected chi connectivity index (χ3v) is 7.59. The van der Waals surface area contributed by atoms with E-state index in [1.54, 1.807) is 29.1 Å². The van der Waals surface area contributed by atoms with Gasteiger partial charge in [0.25, 0.3) is 5.56 Å². The number of aromatic nitrogens is 2. The van der Waals surface area contributed by atoms with Gasteiger partial charge in [-0.15, -0.1) is 0 Å². The summed E-state index contributed by atoms with van der Waals surface area (Å²) in [4.78, 5) is 33.3. The largest absolute Gasteiger partial charge is 0.497 e. The van der Waals surface area contributed by atoms with Crippen LogP contribution in [0.3, 0.4) is 0 Å². The van der Waals surface area contributed by atoms with Gasteiger partial charge in [-0.25, -0.2) is 4.98 Å². The topological polar surface area (TPSA) is 64.4 Å². The quantitative estimate of drug-likeness (QED) is 0.249. The lowest BCUT2D eigenvalue weighted by Gasteiger charge is -2.22. The zero-order chi connectivity index (χ0) is 23.5. The summed E-state index contributed by atoms with van der Waals surface area (Å²) in [5, 5.41) is 5.26. The van der Waals surface area contributed by atoms with E-state index in [1.165, 1.54) is 11.8 Å². The van der Waals surface area contributed by atoms with E-state index in [2.05, 4.69) is 11.4 Å². The number of ether oxygens (including phenoxy) is 1. The van der Waals surface area contributed by atoms with Crippen LogP contribution in [0.15, 0.2) is 75.3 Å². The molecule has 1 amide bonds. The summed E-state index contributed by atoms with van der Waals surface area (Å²) in [6, 6.07) is 17.4. The van der Waals surface area contributed by atoms with Crippen molar-refractivity contribution in [3.05, 3.63) is 86.8 Å². The number of nitrogens with zero attached hydrogens (tertiary/aromatic N) is 3. The van der Waals surface area contributed by atoms with Gasteiger partial charge in [-0.3, -0.25) is 14.2 Å². The molecule has 2 aromatic heterocycles. The Morgan fingerprint density at radius 2 is 1.94 bits per heavy atom. The molecular formula is C26H25N3O3S2. The number of amides is 1. The highest BCUT2D eigenvalue weighted by atomic mass is 32.2. The van der Waals surface area contributed by atoms with Crippen LogP contribution in [0.4, 0.5) is 0 Å². The van der Waals surface area contributed by atoms with Gasteiger partial charge in [0, 0.05) is 12.6 Å². The van der Waals surface area contributed by atoms with Crippen LogP contribution in [0.2, 0.25) is 0 Å². The van der Waals surface area contributed by atoms with Crippen LogP contribution in [0.1, 0.15) is 24.0 Å². The summed E-state index contributed by atoms with van der Waals surface area (Å²) in [7, 11) is 1.63. The van der Waals surface area contributed by atoms with E-state index < -0.39 is 0 Å². The molecule has 0 unspecified atom stereocenters. The monoisotopic (exact) mass is 491 g/mol. The standard InChI is InChI=1S/C26H25N3O3S2/c1-32-21-10-6-18(7-11-21)14-29-25(31)22-4-2-3-5-23(22)27-26(29)34-17-24(30)28(20-8-9-20)15-19-12-13-33-16-19/h2-7,10-13,16,20H,8-9,14-15,17H2,1H3. The Balaban J connectivity index is 1.41. The Morgan fingerprint density at radius 3 is 2.65 bits per heavy atom. The predicted octanol–water partition coefficient (Wildman–Crippen LogP) is 4.80. The number of hydrogen-bond donors (Lipinski definition) is 0. The van der Waals surface area contributed by atoms with Crippen molar-refractivity contribution in [1.82, 2.24) is 14.5 Å². The highest BCUT2D eigenvalue weighted by Crippen LogP contribution is 2.30. The smallest absolute Gasteiger partial charge is 0.262 e. The minimum atomic E-state index is -0.103. The molecule has 8 heteroatoms. The van der Waals surface area contributed by atoms with Gasteiger partial charge in [-0.2, -0.15) is 11.3 Å². The molecular weight excluding hydrogens is 466 g/mol. The molecule has 0 bridgehead atoms. The second-order valence-corrected chi connectivity index (χ2v) is 10.0. The first-order chi connectivity index (χ1) is 16.6. The zero-order valence-corrected chi connectivity index (χ0v) is 20.5. The number of thiophene rings is 1. The predicted molar refractivity (Wildman–Crippen MR) is 137 cm³/mol.